The van der Waals surface area contributed by atoms with Crippen LogP contribution in [0.2, 0.25) is 0 Å². The molecule has 0 aromatic carbocycles. The van der Waals surface area contributed by atoms with Crippen LogP contribution in [0.5, 0.6) is 0 Å². The molecule has 3 rings (SSSR count). The van der Waals surface area contributed by atoms with Crippen LogP contribution >= 0.6 is 0 Å². The van der Waals surface area contributed by atoms with Gasteiger partial charge in [0, 0.05) is 17.8 Å². The maximum Gasteiger partial charge on any atom is 0.0734 e. The lowest BCUT2D eigenvalue weighted by Crippen LogP contribution is -2.41. The monoisotopic (exact) mass is 273 g/mol. The van der Waals surface area contributed by atoms with Gasteiger partial charge in [-0.15, -0.1) is 0 Å². The molecule has 2 aliphatic rings. The highest BCUT2D eigenvalue weighted by Crippen LogP contribution is 2.48. The van der Waals surface area contributed by atoms with Crippen LogP contribution in [0.25, 0.3) is 0 Å². The number of hydrogen-bond donors (Lipinski definition) is 1. The zero-order valence-corrected chi connectivity index (χ0v) is 12.8. The molecule has 0 spiro atoms. The summed E-state index contributed by atoms with van der Waals surface area (Å²) in [7, 11) is 0. The Hall–Kier alpha value is -0.890. The standard InChI is InChI=1S/C18H27NO/c1-13(2)11-14-5-3-9-18(20,12-14)16-8-7-15-6-4-10-19-17(15)16/h4,6,10,13-14,16,20H,3,5,7-9,11-12H2,1-2H3. The number of rotatable bonds is 3. The van der Waals surface area contributed by atoms with Gasteiger partial charge in [0.2, 0.25) is 0 Å². The zero-order chi connectivity index (χ0) is 14.2. The first-order valence-corrected chi connectivity index (χ1v) is 8.24. The van der Waals surface area contributed by atoms with Gasteiger partial charge in [-0.2, -0.15) is 0 Å². The third-order valence-corrected chi connectivity index (χ3v) is 5.28. The van der Waals surface area contributed by atoms with Crippen LogP contribution in [-0.4, -0.2) is 15.7 Å². The molecule has 0 saturated heterocycles. The van der Waals surface area contributed by atoms with Gasteiger partial charge < -0.3 is 5.11 Å². The summed E-state index contributed by atoms with van der Waals surface area (Å²) in [5, 5.41) is 11.3. The number of nitrogens with zero attached hydrogens (tertiary/aromatic N) is 1. The van der Waals surface area contributed by atoms with Crippen LogP contribution in [0.15, 0.2) is 18.3 Å². The second kappa shape index (κ2) is 5.48. The minimum atomic E-state index is -0.503. The number of aryl methyl sites for hydroxylation is 1. The fourth-order valence-electron chi connectivity index (χ4n) is 4.52. The van der Waals surface area contributed by atoms with Gasteiger partial charge in [0.05, 0.1) is 5.60 Å². The smallest absolute Gasteiger partial charge is 0.0734 e. The van der Waals surface area contributed by atoms with E-state index in [0.29, 0.717) is 5.92 Å². The molecule has 1 fully saturated rings. The number of aliphatic hydroxyl groups is 1. The van der Waals surface area contributed by atoms with E-state index in [1.165, 1.54) is 30.5 Å². The molecule has 110 valence electrons. The third-order valence-electron chi connectivity index (χ3n) is 5.28. The Bertz CT molecular complexity index is 470. The van der Waals surface area contributed by atoms with Gasteiger partial charge in [-0.3, -0.25) is 4.98 Å². The maximum absolute atomic E-state index is 11.3. The van der Waals surface area contributed by atoms with Crippen molar-refractivity contribution < 1.29 is 5.11 Å². The SMILES string of the molecule is CC(C)CC1CCCC(O)(C2CCc3cccnc32)C1. The molecular weight excluding hydrogens is 246 g/mol. The highest BCUT2D eigenvalue weighted by Gasteiger charge is 2.44. The molecule has 3 atom stereocenters. The summed E-state index contributed by atoms with van der Waals surface area (Å²) in [4.78, 5) is 4.59. The molecule has 3 unspecified atom stereocenters. The van der Waals surface area contributed by atoms with E-state index in [-0.39, 0.29) is 5.92 Å². The average Bonchev–Trinajstić information content (AvgIpc) is 2.82. The molecule has 0 amide bonds. The van der Waals surface area contributed by atoms with E-state index in [0.717, 1.165) is 31.6 Å². The summed E-state index contributed by atoms with van der Waals surface area (Å²) in [6.45, 7) is 4.58. The van der Waals surface area contributed by atoms with Crippen molar-refractivity contribution >= 4 is 0 Å². The van der Waals surface area contributed by atoms with Crippen molar-refractivity contribution in [3.05, 3.63) is 29.6 Å². The number of hydrogen-bond acceptors (Lipinski definition) is 2. The Morgan fingerprint density at radius 2 is 2.25 bits per heavy atom. The lowest BCUT2D eigenvalue weighted by atomic mass is 9.69. The van der Waals surface area contributed by atoms with Crippen LogP contribution in [0.1, 0.15) is 69.5 Å². The number of aromatic nitrogens is 1. The van der Waals surface area contributed by atoms with E-state index in [4.69, 9.17) is 0 Å². The van der Waals surface area contributed by atoms with E-state index in [9.17, 15) is 5.11 Å². The predicted molar refractivity (Wildman–Crippen MR) is 81.7 cm³/mol. The molecule has 1 saturated carbocycles. The normalized spacial score (nSPS) is 33.4. The molecule has 2 nitrogen and oxygen atoms in total. The minimum Gasteiger partial charge on any atom is -0.389 e. The molecule has 1 aromatic rings. The molecule has 1 N–H and O–H groups in total. The molecule has 2 heteroatoms. The van der Waals surface area contributed by atoms with E-state index in [2.05, 4.69) is 24.9 Å². The Morgan fingerprint density at radius 1 is 1.40 bits per heavy atom. The maximum atomic E-state index is 11.3. The Labute approximate surface area is 122 Å². The first kappa shape index (κ1) is 14.1. The summed E-state index contributed by atoms with van der Waals surface area (Å²) in [5.74, 6) is 1.70. The highest BCUT2D eigenvalue weighted by atomic mass is 16.3. The molecule has 1 aromatic heterocycles. The van der Waals surface area contributed by atoms with Crippen molar-refractivity contribution in [1.82, 2.24) is 4.98 Å². The third kappa shape index (κ3) is 2.63. The molecule has 1 heterocycles. The summed E-state index contributed by atoms with van der Waals surface area (Å²) in [5.41, 5.74) is 2.04. The topological polar surface area (TPSA) is 33.1 Å². The Morgan fingerprint density at radius 3 is 3.05 bits per heavy atom. The lowest BCUT2D eigenvalue weighted by molar-refractivity contribution is -0.0430. The lowest BCUT2D eigenvalue weighted by Gasteiger charge is -2.41. The van der Waals surface area contributed by atoms with Crippen LogP contribution in [-0.2, 0) is 6.42 Å². The highest BCUT2D eigenvalue weighted by molar-refractivity contribution is 5.31. The van der Waals surface area contributed by atoms with Crippen LogP contribution in [0, 0.1) is 11.8 Å². The van der Waals surface area contributed by atoms with Gasteiger partial charge >= 0.3 is 0 Å². The second-order valence-electron chi connectivity index (χ2n) is 7.33. The van der Waals surface area contributed by atoms with Crippen molar-refractivity contribution in [2.24, 2.45) is 11.8 Å². The molecule has 20 heavy (non-hydrogen) atoms. The molecule has 0 bridgehead atoms. The molecule has 0 radical (unpaired) electrons. The Kier molecular flexibility index (Phi) is 3.85. The van der Waals surface area contributed by atoms with Gasteiger partial charge in [0.25, 0.3) is 0 Å². The van der Waals surface area contributed by atoms with Crippen molar-refractivity contribution in [1.29, 1.82) is 0 Å². The first-order valence-electron chi connectivity index (χ1n) is 8.24. The van der Waals surface area contributed by atoms with Crippen molar-refractivity contribution in [3.8, 4) is 0 Å². The van der Waals surface area contributed by atoms with Crippen molar-refractivity contribution in [3.63, 3.8) is 0 Å². The molecular formula is C18H27NO. The van der Waals surface area contributed by atoms with Gasteiger partial charge in [0.15, 0.2) is 0 Å². The number of fused-ring (bicyclic) bond motifs is 1. The van der Waals surface area contributed by atoms with E-state index in [1.807, 2.05) is 12.3 Å². The summed E-state index contributed by atoms with van der Waals surface area (Å²) in [6.07, 6.45) is 9.71. The summed E-state index contributed by atoms with van der Waals surface area (Å²) >= 11 is 0. The summed E-state index contributed by atoms with van der Waals surface area (Å²) in [6, 6.07) is 4.20. The first-order chi connectivity index (χ1) is 9.58. The van der Waals surface area contributed by atoms with Crippen molar-refractivity contribution in [2.45, 2.75) is 70.3 Å². The van der Waals surface area contributed by atoms with Gasteiger partial charge in [-0.05, 0) is 55.6 Å². The quantitative estimate of drug-likeness (QED) is 0.900. The van der Waals surface area contributed by atoms with E-state index >= 15 is 0 Å². The zero-order valence-electron chi connectivity index (χ0n) is 12.8. The van der Waals surface area contributed by atoms with Gasteiger partial charge in [-0.25, -0.2) is 0 Å². The molecule has 2 aliphatic carbocycles. The predicted octanol–water partition coefficient (Wildman–Crippen LogP) is 4.08. The molecule has 0 aliphatic heterocycles. The van der Waals surface area contributed by atoms with E-state index < -0.39 is 5.60 Å². The Balaban J connectivity index is 1.79. The average molecular weight is 273 g/mol. The van der Waals surface area contributed by atoms with Crippen LogP contribution in [0.4, 0.5) is 0 Å². The fourth-order valence-corrected chi connectivity index (χ4v) is 4.52. The summed E-state index contributed by atoms with van der Waals surface area (Å²) < 4.78 is 0. The number of pyridine rings is 1. The van der Waals surface area contributed by atoms with Gasteiger partial charge in [0.1, 0.15) is 0 Å². The van der Waals surface area contributed by atoms with Crippen molar-refractivity contribution in [2.75, 3.05) is 0 Å². The van der Waals surface area contributed by atoms with E-state index in [1.54, 1.807) is 0 Å². The van der Waals surface area contributed by atoms with Gasteiger partial charge in [-0.1, -0.05) is 32.8 Å². The largest absolute Gasteiger partial charge is 0.389 e. The second-order valence-corrected chi connectivity index (χ2v) is 7.33. The van der Waals surface area contributed by atoms with Crippen LogP contribution < -0.4 is 0 Å². The fraction of sp³-hybridized carbons (Fsp3) is 0.722. The van der Waals surface area contributed by atoms with Crippen LogP contribution in [0.3, 0.4) is 0 Å². The minimum absolute atomic E-state index is 0.272.